The Hall–Kier alpha value is -2.29. The molecule has 0 bridgehead atoms. The molecule has 0 aromatic heterocycles. The Balaban J connectivity index is 1.86. The number of benzene rings is 1. The summed E-state index contributed by atoms with van der Waals surface area (Å²) in [6, 6.07) is 5.17. The van der Waals surface area contributed by atoms with E-state index in [-0.39, 0.29) is 19.0 Å². The highest BCUT2D eigenvalue weighted by molar-refractivity contribution is 5.95. The molecule has 0 unspecified atom stereocenters. The van der Waals surface area contributed by atoms with E-state index in [4.69, 9.17) is 4.74 Å². The van der Waals surface area contributed by atoms with E-state index in [9.17, 15) is 22.8 Å². The topological polar surface area (TPSA) is 59.1 Å². The summed E-state index contributed by atoms with van der Waals surface area (Å²) in [5.74, 6) is -0.0754. The van der Waals surface area contributed by atoms with Crippen LogP contribution in [-0.4, -0.2) is 74.3 Å². The average molecular weight is 374 g/mol. The molecule has 0 aliphatic carbocycles. The minimum atomic E-state index is -4.46. The highest BCUT2D eigenvalue weighted by Crippen LogP contribution is 2.20. The first-order valence-electron chi connectivity index (χ1n) is 8.07. The van der Waals surface area contributed by atoms with E-state index in [1.807, 2.05) is 6.92 Å². The van der Waals surface area contributed by atoms with Gasteiger partial charge in [-0.2, -0.15) is 13.2 Å². The van der Waals surface area contributed by atoms with E-state index in [0.29, 0.717) is 24.4 Å². The number of nitrogens with zero attached hydrogens (tertiary/aromatic N) is 2. The molecule has 0 atom stereocenters. The van der Waals surface area contributed by atoms with Crippen LogP contribution in [0.5, 0.6) is 5.75 Å². The number of aryl methyl sites for hydroxylation is 1. The predicted molar refractivity (Wildman–Crippen MR) is 87.1 cm³/mol. The first kappa shape index (κ1) is 20.0. The van der Waals surface area contributed by atoms with Crippen molar-refractivity contribution in [2.75, 3.05) is 46.5 Å². The second kappa shape index (κ2) is 8.39. The van der Waals surface area contributed by atoms with Crippen molar-refractivity contribution in [2.24, 2.45) is 0 Å². The van der Waals surface area contributed by atoms with Crippen molar-refractivity contribution in [1.29, 1.82) is 0 Å². The maximum absolute atomic E-state index is 12.6. The Bertz CT molecular complexity index is 656. The van der Waals surface area contributed by atoms with Gasteiger partial charge in [0.15, 0.2) is 0 Å². The summed E-state index contributed by atoms with van der Waals surface area (Å²) in [4.78, 5) is 27.4. The minimum Gasteiger partial charge on any atom is -0.496 e. The van der Waals surface area contributed by atoms with Crippen molar-refractivity contribution in [3.8, 4) is 5.75 Å². The molecule has 0 N–H and O–H groups in total. The van der Waals surface area contributed by atoms with Gasteiger partial charge in [-0.3, -0.25) is 9.59 Å². The second-order valence-corrected chi connectivity index (χ2v) is 5.97. The van der Waals surface area contributed by atoms with Gasteiger partial charge in [-0.15, -0.1) is 0 Å². The molecule has 1 aliphatic heterocycles. The summed E-state index contributed by atoms with van der Waals surface area (Å²) in [5, 5.41) is 0. The van der Waals surface area contributed by atoms with Crippen LogP contribution in [0.2, 0.25) is 0 Å². The van der Waals surface area contributed by atoms with Crippen molar-refractivity contribution in [3.05, 3.63) is 29.3 Å². The standard InChI is InChI=1S/C17H21F3N2O4/c1-12-3-4-13(9-14(12)25-2)16(24)22-7-5-21(6-8-22)15(23)10-26-11-17(18,19)20/h3-4,9H,5-8,10-11H2,1-2H3. The molecule has 1 aromatic rings. The zero-order valence-corrected chi connectivity index (χ0v) is 14.6. The van der Waals surface area contributed by atoms with Crippen LogP contribution in [-0.2, 0) is 9.53 Å². The number of amides is 2. The van der Waals surface area contributed by atoms with Gasteiger partial charge in [-0.25, -0.2) is 0 Å². The Labute approximate surface area is 149 Å². The van der Waals surface area contributed by atoms with Crippen molar-refractivity contribution in [1.82, 2.24) is 9.80 Å². The summed E-state index contributed by atoms with van der Waals surface area (Å²) >= 11 is 0. The van der Waals surface area contributed by atoms with Crippen LogP contribution in [0.1, 0.15) is 15.9 Å². The van der Waals surface area contributed by atoms with E-state index in [0.717, 1.165) is 5.56 Å². The summed E-state index contributed by atoms with van der Waals surface area (Å²) in [6.07, 6.45) is -4.46. The molecule has 144 valence electrons. The molecule has 0 saturated carbocycles. The van der Waals surface area contributed by atoms with Gasteiger partial charge < -0.3 is 19.3 Å². The van der Waals surface area contributed by atoms with E-state index in [1.54, 1.807) is 23.1 Å². The van der Waals surface area contributed by atoms with Crippen molar-refractivity contribution < 1.29 is 32.2 Å². The molecule has 2 amide bonds. The third-order valence-corrected chi connectivity index (χ3v) is 4.07. The Morgan fingerprint density at radius 2 is 1.73 bits per heavy atom. The molecular weight excluding hydrogens is 353 g/mol. The molecule has 1 fully saturated rings. The van der Waals surface area contributed by atoms with E-state index >= 15 is 0 Å². The molecule has 2 rings (SSSR count). The third-order valence-electron chi connectivity index (χ3n) is 4.07. The number of halogens is 3. The molecule has 6 nitrogen and oxygen atoms in total. The fourth-order valence-corrected chi connectivity index (χ4v) is 2.64. The largest absolute Gasteiger partial charge is 0.496 e. The van der Waals surface area contributed by atoms with Gasteiger partial charge in [0, 0.05) is 31.7 Å². The molecule has 0 radical (unpaired) electrons. The molecular formula is C17H21F3N2O4. The van der Waals surface area contributed by atoms with Gasteiger partial charge in [-0.05, 0) is 24.6 Å². The molecule has 1 aliphatic rings. The molecule has 26 heavy (non-hydrogen) atoms. The van der Waals surface area contributed by atoms with Crippen molar-refractivity contribution in [3.63, 3.8) is 0 Å². The van der Waals surface area contributed by atoms with Crippen LogP contribution in [0, 0.1) is 6.92 Å². The molecule has 0 spiro atoms. The number of ether oxygens (including phenoxy) is 2. The Morgan fingerprint density at radius 1 is 1.12 bits per heavy atom. The van der Waals surface area contributed by atoms with E-state index in [2.05, 4.69) is 4.74 Å². The van der Waals surface area contributed by atoms with Gasteiger partial charge in [0.05, 0.1) is 7.11 Å². The van der Waals surface area contributed by atoms with Crippen LogP contribution in [0.4, 0.5) is 13.2 Å². The number of hydrogen-bond acceptors (Lipinski definition) is 4. The Kier molecular flexibility index (Phi) is 6.47. The van der Waals surface area contributed by atoms with Crippen molar-refractivity contribution >= 4 is 11.8 Å². The fraction of sp³-hybridized carbons (Fsp3) is 0.529. The fourth-order valence-electron chi connectivity index (χ4n) is 2.64. The highest BCUT2D eigenvalue weighted by Gasteiger charge is 2.29. The highest BCUT2D eigenvalue weighted by atomic mass is 19.4. The maximum atomic E-state index is 12.6. The van der Waals surface area contributed by atoms with Crippen LogP contribution >= 0.6 is 0 Å². The van der Waals surface area contributed by atoms with Crippen LogP contribution in [0.3, 0.4) is 0 Å². The molecule has 9 heteroatoms. The van der Waals surface area contributed by atoms with Gasteiger partial charge in [-0.1, -0.05) is 6.07 Å². The molecule has 1 aromatic carbocycles. The lowest BCUT2D eigenvalue weighted by Crippen LogP contribution is -2.51. The Morgan fingerprint density at radius 3 is 2.31 bits per heavy atom. The number of methoxy groups -OCH3 is 1. The lowest BCUT2D eigenvalue weighted by molar-refractivity contribution is -0.178. The summed E-state index contributed by atoms with van der Waals surface area (Å²) in [7, 11) is 1.53. The average Bonchev–Trinajstić information content (AvgIpc) is 2.60. The second-order valence-electron chi connectivity index (χ2n) is 5.97. The van der Waals surface area contributed by atoms with E-state index < -0.39 is 25.3 Å². The monoisotopic (exact) mass is 374 g/mol. The van der Waals surface area contributed by atoms with Gasteiger partial charge in [0.25, 0.3) is 5.91 Å². The SMILES string of the molecule is COc1cc(C(=O)N2CCN(C(=O)COCC(F)(F)F)CC2)ccc1C. The number of carbonyl (C=O) groups is 2. The number of piperazine rings is 1. The zero-order chi connectivity index (χ0) is 19.3. The first-order chi connectivity index (χ1) is 12.2. The van der Waals surface area contributed by atoms with E-state index in [1.165, 1.54) is 12.0 Å². The predicted octanol–water partition coefficient (Wildman–Crippen LogP) is 1.87. The smallest absolute Gasteiger partial charge is 0.411 e. The summed E-state index contributed by atoms with van der Waals surface area (Å²) in [5.41, 5.74) is 1.40. The molecule has 1 heterocycles. The minimum absolute atomic E-state index is 0.177. The first-order valence-corrected chi connectivity index (χ1v) is 8.07. The van der Waals surface area contributed by atoms with Gasteiger partial charge >= 0.3 is 6.18 Å². The normalized spacial score (nSPS) is 15.1. The van der Waals surface area contributed by atoms with Crippen LogP contribution < -0.4 is 4.74 Å². The number of alkyl halides is 3. The maximum Gasteiger partial charge on any atom is 0.411 e. The van der Waals surface area contributed by atoms with Crippen LogP contribution in [0.25, 0.3) is 0 Å². The molecule has 1 saturated heterocycles. The summed E-state index contributed by atoms with van der Waals surface area (Å²) < 4.78 is 45.7. The third kappa shape index (κ3) is 5.35. The quantitative estimate of drug-likeness (QED) is 0.790. The number of carbonyl (C=O) groups excluding carboxylic acids is 2. The lowest BCUT2D eigenvalue weighted by atomic mass is 10.1. The summed E-state index contributed by atoms with van der Waals surface area (Å²) in [6.45, 7) is 0.916. The van der Waals surface area contributed by atoms with Gasteiger partial charge in [0.1, 0.15) is 19.0 Å². The number of rotatable bonds is 5. The van der Waals surface area contributed by atoms with Gasteiger partial charge in [0.2, 0.25) is 5.91 Å². The zero-order valence-electron chi connectivity index (χ0n) is 14.6. The number of hydrogen-bond donors (Lipinski definition) is 0. The van der Waals surface area contributed by atoms with Crippen molar-refractivity contribution in [2.45, 2.75) is 13.1 Å². The lowest BCUT2D eigenvalue weighted by Gasteiger charge is -2.34. The van der Waals surface area contributed by atoms with Crippen LogP contribution in [0.15, 0.2) is 18.2 Å².